The Balaban J connectivity index is 1.44. The van der Waals surface area contributed by atoms with Crippen molar-refractivity contribution < 1.29 is 19.3 Å². The average Bonchev–Trinajstić information content (AvgIpc) is 3.39. The largest absolute Gasteiger partial charge is 0.389 e. The van der Waals surface area contributed by atoms with E-state index in [2.05, 4.69) is 0 Å². The molecule has 4 nitrogen and oxygen atoms in total. The summed E-state index contributed by atoms with van der Waals surface area (Å²) in [7, 11) is -2.95. The number of aliphatic hydroxyl groups is 2. The Morgan fingerprint density at radius 1 is 0.692 bits per heavy atom. The van der Waals surface area contributed by atoms with Gasteiger partial charge in [-0.3, -0.25) is 4.57 Å². The average molecular weight is 387 g/mol. The zero-order valence-electron chi connectivity index (χ0n) is 16.5. The van der Waals surface area contributed by atoms with E-state index >= 15 is 0 Å². The molecule has 26 heavy (non-hydrogen) atoms. The van der Waals surface area contributed by atoms with Crippen molar-refractivity contribution in [2.45, 2.75) is 132 Å². The summed E-state index contributed by atoms with van der Waals surface area (Å²) in [5.41, 5.74) is 0. The van der Waals surface area contributed by atoms with E-state index in [-0.39, 0.29) is 0 Å². The summed E-state index contributed by atoms with van der Waals surface area (Å²) in [4.78, 5) is 0. The number of hydrogen-bond acceptors (Lipinski definition) is 4. The number of aliphatic hydroxyl groups excluding tert-OH is 1. The summed E-state index contributed by atoms with van der Waals surface area (Å²) in [5.74, 6) is 0. The molecule has 2 N–H and O–H groups in total. The Morgan fingerprint density at radius 3 is 1.50 bits per heavy atom. The van der Waals surface area contributed by atoms with Gasteiger partial charge in [-0.2, -0.15) is 0 Å². The molecule has 2 saturated heterocycles. The van der Waals surface area contributed by atoms with E-state index in [9.17, 15) is 14.8 Å². The molecule has 0 aromatic rings. The first-order chi connectivity index (χ1) is 12.6. The fourth-order valence-corrected chi connectivity index (χ4v) is 8.33. The van der Waals surface area contributed by atoms with Crippen LogP contribution in [0.2, 0.25) is 0 Å². The molecular weight excluding hydrogens is 347 g/mol. The minimum Gasteiger partial charge on any atom is -0.389 e. The highest BCUT2D eigenvalue weighted by atomic mass is 31.2. The lowest BCUT2D eigenvalue weighted by molar-refractivity contribution is -0.0662. The van der Waals surface area contributed by atoms with Gasteiger partial charge in [0, 0.05) is 0 Å². The Kier molecular flexibility index (Phi) is 7.27. The van der Waals surface area contributed by atoms with Crippen LogP contribution in [-0.2, 0) is 9.09 Å². The molecule has 1 aliphatic carbocycles. The van der Waals surface area contributed by atoms with Gasteiger partial charge >= 0.3 is 0 Å². The van der Waals surface area contributed by atoms with Gasteiger partial charge in [-0.25, -0.2) is 0 Å². The van der Waals surface area contributed by atoms with Gasteiger partial charge < -0.3 is 14.7 Å². The van der Waals surface area contributed by atoms with E-state index in [0.29, 0.717) is 12.8 Å². The van der Waals surface area contributed by atoms with Crippen molar-refractivity contribution in [2.75, 3.05) is 0 Å². The van der Waals surface area contributed by atoms with E-state index in [4.69, 9.17) is 4.52 Å². The quantitative estimate of drug-likeness (QED) is 0.390. The number of rotatable bonds is 0. The van der Waals surface area contributed by atoms with Gasteiger partial charge in [-0.05, 0) is 19.3 Å². The van der Waals surface area contributed by atoms with Crippen molar-refractivity contribution in [3.05, 3.63) is 0 Å². The molecular formula is C21H39O4P. The highest BCUT2D eigenvalue weighted by Gasteiger charge is 3.05. The predicted molar refractivity (Wildman–Crippen MR) is 105 cm³/mol. The van der Waals surface area contributed by atoms with Crippen molar-refractivity contribution in [3.8, 4) is 0 Å². The Bertz CT molecular complexity index is 496. The zero-order chi connectivity index (χ0) is 18.5. The van der Waals surface area contributed by atoms with Gasteiger partial charge in [0.25, 0.3) is 7.37 Å². The zero-order valence-corrected chi connectivity index (χ0v) is 17.4. The molecule has 0 aromatic carbocycles. The van der Waals surface area contributed by atoms with E-state index in [1.807, 2.05) is 0 Å². The second-order valence-electron chi connectivity index (χ2n) is 8.86. The molecule has 5 heteroatoms. The van der Waals surface area contributed by atoms with Gasteiger partial charge in [-0.15, -0.1) is 0 Å². The van der Waals surface area contributed by atoms with Crippen molar-refractivity contribution in [1.29, 1.82) is 0 Å². The lowest BCUT2D eigenvalue weighted by atomic mass is 9.97. The summed E-state index contributed by atoms with van der Waals surface area (Å²) in [6.45, 7) is 0. The van der Waals surface area contributed by atoms with Crippen LogP contribution in [0.5, 0.6) is 0 Å². The minimum atomic E-state index is -2.95. The maximum Gasteiger partial charge on any atom is 0.276 e. The fourth-order valence-electron chi connectivity index (χ4n) is 4.99. The first-order valence-electron chi connectivity index (χ1n) is 11.3. The molecule has 0 aromatic heterocycles. The van der Waals surface area contributed by atoms with Gasteiger partial charge in [0.2, 0.25) is 5.34 Å². The third-order valence-electron chi connectivity index (χ3n) is 6.90. The van der Waals surface area contributed by atoms with Crippen LogP contribution in [0.4, 0.5) is 0 Å². The van der Waals surface area contributed by atoms with Gasteiger partial charge in [0.05, 0.1) is 6.10 Å². The Morgan fingerprint density at radius 2 is 1.08 bits per heavy atom. The molecule has 2 aliphatic heterocycles. The van der Waals surface area contributed by atoms with Crippen LogP contribution in [0.3, 0.4) is 0 Å². The minimum absolute atomic E-state index is 0.547. The van der Waals surface area contributed by atoms with Crippen molar-refractivity contribution in [1.82, 2.24) is 0 Å². The molecule has 152 valence electrons. The third kappa shape index (κ3) is 3.95. The molecule has 4 atom stereocenters. The maximum absolute atomic E-state index is 12.6. The predicted octanol–water partition coefficient (Wildman–Crippen LogP) is 6.09. The van der Waals surface area contributed by atoms with Crippen LogP contribution >= 0.6 is 7.37 Å². The van der Waals surface area contributed by atoms with Crippen LogP contribution in [0, 0.1) is 0 Å². The van der Waals surface area contributed by atoms with Crippen LogP contribution < -0.4 is 0 Å². The Labute approximate surface area is 159 Å². The molecule has 0 amide bonds. The monoisotopic (exact) mass is 386 g/mol. The summed E-state index contributed by atoms with van der Waals surface area (Å²) in [6.07, 6.45) is 20.2. The molecule has 1 spiro atoms. The molecule has 3 rings (SSSR count). The lowest BCUT2D eigenvalue weighted by Crippen LogP contribution is -2.40. The lowest BCUT2D eigenvalue weighted by Gasteiger charge is -2.23. The Hall–Kier alpha value is 0.110. The van der Waals surface area contributed by atoms with E-state index in [1.54, 1.807) is 0 Å². The van der Waals surface area contributed by atoms with Crippen molar-refractivity contribution >= 4 is 7.37 Å². The highest BCUT2D eigenvalue weighted by molar-refractivity contribution is 7.77. The molecule has 1 saturated carbocycles. The van der Waals surface area contributed by atoms with E-state index in [0.717, 1.165) is 25.7 Å². The maximum atomic E-state index is 12.6. The fraction of sp³-hybridized carbons (Fsp3) is 1.00. The normalized spacial score (nSPS) is 44.2. The molecule has 2 heterocycles. The topological polar surface area (TPSA) is 70.1 Å². The second kappa shape index (κ2) is 9.07. The molecule has 3 fully saturated rings. The van der Waals surface area contributed by atoms with E-state index < -0.39 is 24.2 Å². The van der Waals surface area contributed by atoms with Crippen molar-refractivity contribution in [3.63, 3.8) is 0 Å². The van der Waals surface area contributed by atoms with E-state index in [1.165, 1.54) is 77.0 Å². The smallest absolute Gasteiger partial charge is 0.276 e. The third-order valence-corrected chi connectivity index (χ3v) is 10.2. The van der Waals surface area contributed by atoms with Gasteiger partial charge in [0.1, 0.15) is 0 Å². The van der Waals surface area contributed by atoms with Crippen LogP contribution in [0.25, 0.3) is 0 Å². The van der Waals surface area contributed by atoms with Gasteiger partial charge in [-0.1, -0.05) is 96.3 Å². The van der Waals surface area contributed by atoms with Gasteiger partial charge in [0.15, 0.2) is 5.34 Å². The summed E-state index contributed by atoms with van der Waals surface area (Å²) >= 11 is 0. The summed E-state index contributed by atoms with van der Waals surface area (Å²) in [5, 5.41) is 18.9. The molecule has 3 aliphatic rings. The molecule has 0 bridgehead atoms. The standard InChI is InChI=1S/C21H39O4P/c22-19-17-15-13-11-9-7-5-3-1-2-4-6-8-10-12-14-16-18-20-21(19,23)26(20,24)25-20/h19,22-23H,1-18H2. The first kappa shape index (κ1) is 20.8. The second-order valence-corrected chi connectivity index (χ2v) is 11.6. The van der Waals surface area contributed by atoms with Crippen molar-refractivity contribution in [2.24, 2.45) is 0 Å². The summed E-state index contributed by atoms with van der Waals surface area (Å²) in [6, 6.07) is 0. The molecule has 0 radical (unpaired) electrons. The first-order valence-corrected chi connectivity index (χ1v) is 12.9. The van der Waals surface area contributed by atoms with Crippen LogP contribution in [0.15, 0.2) is 0 Å². The number of hydrogen-bond donors (Lipinski definition) is 2. The van der Waals surface area contributed by atoms with Crippen LogP contribution in [0.1, 0.15) is 116 Å². The molecule has 4 unspecified atom stereocenters. The number of fused-ring (bicyclic) bond motifs is 1. The highest BCUT2D eigenvalue weighted by Crippen LogP contribution is 3.07. The van der Waals surface area contributed by atoms with Crippen LogP contribution in [-0.4, -0.2) is 27.0 Å². The SMILES string of the molecule is O=P12OC13CCCCCCCCCCCCCCCCCCC(O)C32O. The summed E-state index contributed by atoms with van der Waals surface area (Å²) < 4.78 is 18.0.